The summed E-state index contributed by atoms with van der Waals surface area (Å²) in [6.45, 7) is 7.03. The van der Waals surface area contributed by atoms with Crippen molar-refractivity contribution in [1.82, 2.24) is 9.80 Å². The van der Waals surface area contributed by atoms with Crippen molar-refractivity contribution in [2.45, 2.75) is 77.5 Å². The molecule has 0 bridgehead atoms. The molecule has 0 saturated heterocycles. The number of ether oxygens (including phenoxy) is 1. The van der Waals surface area contributed by atoms with E-state index in [2.05, 4.69) is 13.0 Å². The van der Waals surface area contributed by atoms with Gasteiger partial charge in [-0.25, -0.2) is 0 Å². The minimum atomic E-state index is -0.359. The topological polar surface area (TPSA) is 49.9 Å². The van der Waals surface area contributed by atoms with E-state index in [1.807, 2.05) is 42.0 Å². The Morgan fingerprint density at radius 1 is 1.29 bits per heavy atom. The molecule has 0 aromatic heterocycles. The Bertz CT molecular complexity index is 710. The highest BCUT2D eigenvalue weighted by Gasteiger charge is 2.43. The second kappa shape index (κ2) is 8.54. The fourth-order valence-corrected chi connectivity index (χ4v) is 4.67. The molecule has 1 fully saturated rings. The summed E-state index contributed by atoms with van der Waals surface area (Å²) in [5, 5.41) is 0. The molecule has 0 unspecified atom stereocenters. The zero-order valence-corrected chi connectivity index (χ0v) is 17.7. The molecular weight excluding hydrogens is 352 g/mol. The van der Waals surface area contributed by atoms with Crippen LogP contribution >= 0.6 is 0 Å². The van der Waals surface area contributed by atoms with Gasteiger partial charge in [-0.05, 0) is 38.2 Å². The molecule has 1 atom stereocenters. The minimum Gasteiger partial charge on any atom is -0.485 e. The number of para-hydroxylation sites is 1. The van der Waals surface area contributed by atoms with E-state index in [4.69, 9.17) is 4.74 Å². The van der Waals surface area contributed by atoms with Gasteiger partial charge in [0.15, 0.2) is 0 Å². The first-order valence-corrected chi connectivity index (χ1v) is 10.6. The van der Waals surface area contributed by atoms with Gasteiger partial charge in [-0.2, -0.15) is 0 Å². The van der Waals surface area contributed by atoms with E-state index in [1.165, 1.54) is 0 Å². The molecule has 1 aliphatic carbocycles. The summed E-state index contributed by atoms with van der Waals surface area (Å²) in [5.41, 5.74) is 0.724. The molecule has 0 radical (unpaired) electrons. The zero-order valence-electron chi connectivity index (χ0n) is 17.7. The third-order valence-corrected chi connectivity index (χ3v) is 6.51. The van der Waals surface area contributed by atoms with Crippen molar-refractivity contribution in [2.24, 2.45) is 5.92 Å². The van der Waals surface area contributed by atoms with Crippen LogP contribution in [0.15, 0.2) is 24.3 Å². The van der Waals surface area contributed by atoms with Crippen LogP contribution in [-0.2, 0) is 16.1 Å². The molecule has 2 aliphatic rings. The van der Waals surface area contributed by atoms with E-state index in [-0.39, 0.29) is 29.4 Å². The first-order valence-electron chi connectivity index (χ1n) is 10.6. The Morgan fingerprint density at radius 3 is 2.61 bits per heavy atom. The zero-order chi connectivity index (χ0) is 20.3. The number of rotatable bonds is 4. The Balaban J connectivity index is 1.83. The summed E-state index contributed by atoms with van der Waals surface area (Å²) in [6.07, 6.45) is 5.45. The maximum atomic E-state index is 13.2. The van der Waals surface area contributed by atoms with Gasteiger partial charge >= 0.3 is 0 Å². The largest absolute Gasteiger partial charge is 0.485 e. The lowest BCUT2D eigenvalue weighted by molar-refractivity contribution is -0.139. The normalized spacial score (nSPS) is 25.4. The quantitative estimate of drug-likeness (QED) is 0.786. The van der Waals surface area contributed by atoms with Crippen LogP contribution in [-0.4, -0.2) is 46.8 Å². The average molecular weight is 387 g/mol. The molecule has 2 amide bonds. The Kier molecular flexibility index (Phi) is 6.31. The molecule has 1 aliphatic heterocycles. The highest BCUT2D eigenvalue weighted by Crippen LogP contribution is 2.39. The van der Waals surface area contributed by atoms with E-state index >= 15 is 0 Å². The number of hydrogen-bond acceptors (Lipinski definition) is 3. The van der Waals surface area contributed by atoms with Gasteiger partial charge in [-0.3, -0.25) is 9.59 Å². The monoisotopic (exact) mass is 386 g/mol. The molecule has 1 heterocycles. The summed E-state index contributed by atoms with van der Waals surface area (Å²) in [6, 6.07) is 8.35. The van der Waals surface area contributed by atoms with E-state index < -0.39 is 0 Å². The maximum absolute atomic E-state index is 13.2. The van der Waals surface area contributed by atoms with Gasteiger partial charge in [0, 0.05) is 38.0 Å². The van der Waals surface area contributed by atoms with Crippen molar-refractivity contribution >= 4 is 11.8 Å². The molecule has 154 valence electrons. The van der Waals surface area contributed by atoms with Crippen molar-refractivity contribution in [3.05, 3.63) is 29.8 Å². The maximum Gasteiger partial charge on any atom is 0.225 e. The molecule has 28 heavy (non-hydrogen) atoms. The minimum absolute atomic E-state index is 0.0347. The van der Waals surface area contributed by atoms with Crippen LogP contribution in [0.4, 0.5) is 0 Å². The van der Waals surface area contributed by atoms with Crippen molar-refractivity contribution in [3.8, 4) is 5.75 Å². The number of carbonyl (C=O) groups is 2. The number of benzene rings is 1. The van der Waals surface area contributed by atoms with Crippen LogP contribution in [0.3, 0.4) is 0 Å². The molecule has 0 N–H and O–H groups in total. The van der Waals surface area contributed by atoms with E-state index in [1.54, 1.807) is 6.92 Å². The summed E-state index contributed by atoms with van der Waals surface area (Å²) in [7, 11) is 1.89. The summed E-state index contributed by atoms with van der Waals surface area (Å²) in [4.78, 5) is 28.8. The lowest BCUT2D eigenvalue weighted by Crippen LogP contribution is -2.53. The van der Waals surface area contributed by atoms with Gasteiger partial charge in [-0.15, -0.1) is 0 Å². The Morgan fingerprint density at radius 2 is 1.96 bits per heavy atom. The van der Waals surface area contributed by atoms with E-state index in [0.29, 0.717) is 13.1 Å². The van der Waals surface area contributed by atoms with Crippen LogP contribution < -0.4 is 4.74 Å². The van der Waals surface area contributed by atoms with Crippen LogP contribution in [0.1, 0.15) is 64.9 Å². The third kappa shape index (κ3) is 4.34. The number of fused-ring (bicyclic) bond motifs is 1. The van der Waals surface area contributed by atoms with Gasteiger partial charge in [0.2, 0.25) is 11.8 Å². The number of amides is 2. The Labute approximate surface area is 169 Å². The van der Waals surface area contributed by atoms with Gasteiger partial charge in [0.1, 0.15) is 11.4 Å². The van der Waals surface area contributed by atoms with Crippen molar-refractivity contribution in [1.29, 1.82) is 0 Å². The predicted molar refractivity (Wildman–Crippen MR) is 110 cm³/mol. The summed E-state index contributed by atoms with van der Waals surface area (Å²) < 4.78 is 6.60. The van der Waals surface area contributed by atoms with Crippen LogP contribution in [0.5, 0.6) is 5.75 Å². The van der Waals surface area contributed by atoms with Gasteiger partial charge < -0.3 is 14.5 Å². The average Bonchev–Trinajstić information content (AvgIpc) is 2.84. The molecule has 5 heteroatoms. The molecule has 3 rings (SSSR count). The SMILES string of the molecule is CCC[C@@H](C)C(=O)N1Cc2ccccc2OC2(CCC(N(C)C(C)=O)CC2)C1. The molecule has 1 saturated carbocycles. The first-order chi connectivity index (χ1) is 13.3. The number of carbonyl (C=O) groups excluding carboxylic acids is 2. The highest BCUT2D eigenvalue weighted by atomic mass is 16.5. The fraction of sp³-hybridized carbons (Fsp3) is 0.652. The molecule has 1 aromatic carbocycles. The Hall–Kier alpha value is -2.04. The van der Waals surface area contributed by atoms with Crippen molar-refractivity contribution < 1.29 is 14.3 Å². The standard InChI is InChI=1S/C23H34N2O3/c1-5-8-17(2)22(27)25-15-19-9-6-7-10-21(19)28-23(16-25)13-11-20(12-14-23)24(4)18(3)26/h6-7,9-10,17,20H,5,8,11-16H2,1-4H3/t17-,20?,23?/m1/s1. The lowest BCUT2D eigenvalue weighted by Gasteiger charge is -2.43. The molecule has 1 spiro atoms. The molecular formula is C23H34N2O3. The van der Waals surface area contributed by atoms with Crippen molar-refractivity contribution in [2.75, 3.05) is 13.6 Å². The first kappa shape index (κ1) is 20.7. The lowest BCUT2D eigenvalue weighted by atomic mass is 9.80. The van der Waals surface area contributed by atoms with Gasteiger partial charge in [0.25, 0.3) is 0 Å². The number of hydrogen-bond donors (Lipinski definition) is 0. The fourth-order valence-electron chi connectivity index (χ4n) is 4.67. The highest BCUT2D eigenvalue weighted by molar-refractivity contribution is 5.78. The molecule has 5 nitrogen and oxygen atoms in total. The van der Waals surface area contributed by atoms with Gasteiger partial charge in [0.05, 0.1) is 6.54 Å². The van der Waals surface area contributed by atoms with E-state index in [0.717, 1.165) is 49.8 Å². The summed E-state index contributed by atoms with van der Waals surface area (Å²) >= 11 is 0. The smallest absolute Gasteiger partial charge is 0.225 e. The van der Waals surface area contributed by atoms with Crippen LogP contribution in [0.25, 0.3) is 0 Å². The number of nitrogens with zero attached hydrogens (tertiary/aromatic N) is 2. The van der Waals surface area contributed by atoms with E-state index in [9.17, 15) is 9.59 Å². The van der Waals surface area contributed by atoms with Gasteiger partial charge in [-0.1, -0.05) is 38.5 Å². The third-order valence-electron chi connectivity index (χ3n) is 6.51. The second-order valence-electron chi connectivity index (χ2n) is 8.64. The molecule has 1 aromatic rings. The van der Waals surface area contributed by atoms with Crippen molar-refractivity contribution in [3.63, 3.8) is 0 Å². The van der Waals surface area contributed by atoms with Crippen LogP contribution in [0, 0.1) is 5.92 Å². The second-order valence-corrected chi connectivity index (χ2v) is 8.64. The summed E-state index contributed by atoms with van der Waals surface area (Å²) in [5.74, 6) is 1.27. The predicted octanol–water partition coefficient (Wildman–Crippen LogP) is 4.00. The van der Waals surface area contributed by atoms with Crippen LogP contribution in [0.2, 0.25) is 0 Å².